The maximum absolute atomic E-state index is 10.8. The van der Waals surface area contributed by atoms with Crippen molar-refractivity contribution in [2.75, 3.05) is 0 Å². The number of hydrogen-bond donors (Lipinski definition) is 2. The van der Waals surface area contributed by atoms with Gasteiger partial charge in [0.2, 0.25) is 0 Å². The largest absolute Gasteiger partial charge is 0.508 e. The van der Waals surface area contributed by atoms with Crippen LogP contribution in [0.4, 0.5) is 0 Å². The Kier molecular flexibility index (Phi) is 4.08. The molecule has 26 heavy (non-hydrogen) atoms. The van der Waals surface area contributed by atoms with Crippen molar-refractivity contribution in [1.29, 1.82) is 0 Å². The van der Waals surface area contributed by atoms with Gasteiger partial charge in [-0.25, -0.2) is 0 Å². The second kappa shape index (κ2) is 6.29. The second-order valence-electron chi connectivity index (χ2n) is 7.49. The van der Waals surface area contributed by atoms with Gasteiger partial charge >= 0.3 is 0 Å². The Morgan fingerprint density at radius 2 is 1.62 bits per heavy atom. The number of aromatic hydroxyl groups is 1. The lowest BCUT2D eigenvalue weighted by Crippen LogP contribution is -2.31. The fraction of sp³-hybridized carbons (Fsp3) is 0.318. The molecule has 134 valence electrons. The number of hydrogen-bond acceptors (Lipinski definition) is 4. The molecular weight excluding hydrogens is 326 g/mol. The second-order valence-corrected chi connectivity index (χ2v) is 7.49. The summed E-state index contributed by atoms with van der Waals surface area (Å²) in [6.45, 7) is 4.06. The van der Waals surface area contributed by atoms with Gasteiger partial charge in [-0.05, 0) is 48.6 Å². The van der Waals surface area contributed by atoms with Crippen molar-refractivity contribution in [2.45, 2.75) is 38.2 Å². The molecule has 0 radical (unpaired) electrons. The molecule has 0 saturated heterocycles. The minimum absolute atomic E-state index is 0.142. The van der Waals surface area contributed by atoms with Crippen LogP contribution in [0.2, 0.25) is 0 Å². The molecular formula is C22H23NO3. The Balaban J connectivity index is 1.90. The smallest absolute Gasteiger partial charge is 0.153 e. The fourth-order valence-corrected chi connectivity index (χ4v) is 3.75. The summed E-state index contributed by atoms with van der Waals surface area (Å²) in [5, 5.41) is 24.8. The van der Waals surface area contributed by atoms with Gasteiger partial charge in [-0.2, -0.15) is 0 Å². The molecule has 4 heteroatoms. The average Bonchev–Trinajstić information content (AvgIpc) is 3.34. The van der Waals surface area contributed by atoms with Crippen molar-refractivity contribution >= 4 is 0 Å². The van der Waals surface area contributed by atoms with E-state index in [0.717, 1.165) is 41.0 Å². The summed E-state index contributed by atoms with van der Waals surface area (Å²) in [6, 6.07) is 17.0. The fourth-order valence-electron chi connectivity index (χ4n) is 3.75. The van der Waals surface area contributed by atoms with Crippen LogP contribution in [-0.2, 0) is 5.41 Å². The maximum atomic E-state index is 10.8. The molecule has 1 saturated carbocycles. The first-order valence-corrected chi connectivity index (χ1v) is 9.06. The number of phenols is 1. The Hall–Kier alpha value is -2.59. The number of aliphatic hydroxyl groups is 1. The van der Waals surface area contributed by atoms with Gasteiger partial charge in [0, 0.05) is 5.56 Å². The van der Waals surface area contributed by atoms with E-state index in [0.29, 0.717) is 0 Å². The lowest BCUT2D eigenvalue weighted by Gasteiger charge is -2.24. The van der Waals surface area contributed by atoms with E-state index < -0.39 is 6.10 Å². The summed E-state index contributed by atoms with van der Waals surface area (Å²) in [7, 11) is 0. The summed E-state index contributed by atoms with van der Waals surface area (Å²) in [6.07, 6.45) is 1.33. The standard InChI is InChI=1S/C22H23NO3/c1-14(2)20(25)22(12-13-22)21-18(15-6-4-3-5-7-15)19(23-26-21)16-8-10-17(24)11-9-16/h3-11,14,20,24-25H,12-13H2,1-2H3. The van der Waals surface area contributed by atoms with Crippen molar-refractivity contribution in [3.63, 3.8) is 0 Å². The minimum atomic E-state index is -0.467. The summed E-state index contributed by atoms with van der Waals surface area (Å²) in [5.41, 5.74) is 3.23. The number of nitrogens with zero attached hydrogens (tertiary/aromatic N) is 1. The average molecular weight is 349 g/mol. The van der Waals surface area contributed by atoms with Crippen LogP contribution in [0.15, 0.2) is 59.1 Å². The summed E-state index contributed by atoms with van der Waals surface area (Å²) < 4.78 is 5.86. The van der Waals surface area contributed by atoms with Crippen molar-refractivity contribution in [3.8, 4) is 28.1 Å². The van der Waals surface area contributed by atoms with E-state index in [1.54, 1.807) is 12.1 Å². The van der Waals surface area contributed by atoms with Crippen LogP contribution in [0.1, 0.15) is 32.4 Å². The van der Waals surface area contributed by atoms with Gasteiger partial charge in [0.25, 0.3) is 0 Å². The molecule has 1 aliphatic carbocycles. The van der Waals surface area contributed by atoms with Crippen molar-refractivity contribution in [1.82, 2.24) is 5.16 Å². The van der Waals surface area contributed by atoms with E-state index in [-0.39, 0.29) is 17.1 Å². The molecule has 4 rings (SSSR count). The monoisotopic (exact) mass is 349 g/mol. The first-order valence-electron chi connectivity index (χ1n) is 9.06. The van der Waals surface area contributed by atoms with E-state index in [9.17, 15) is 10.2 Å². The zero-order valence-corrected chi connectivity index (χ0v) is 15.0. The van der Waals surface area contributed by atoms with E-state index in [1.807, 2.05) is 56.3 Å². The third kappa shape index (κ3) is 2.71. The van der Waals surface area contributed by atoms with Crippen LogP contribution >= 0.6 is 0 Å². The lowest BCUT2D eigenvalue weighted by molar-refractivity contribution is 0.0739. The molecule has 4 nitrogen and oxygen atoms in total. The van der Waals surface area contributed by atoms with Crippen LogP contribution in [-0.4, -0.2) is 21.5 Å². The molecule has 2 N–H and O–H groups in total. The molecule has 1 heterocycles. The number of rotatable bonds is 5. The van der Waals surface area contributed by atoms with E-state index in [4.69, 9.17) is 4.52 Å². The van der Waals surface area contributed by atoms with Crippen molar-refractivity contribution in [2.24, 2.45) is 5.92 Å². The van der Waals surface area contributed by atoms with Gasteiger partial charge in [-0.3, -0.25) is 0 Å². The van der Waals surface area contributed by atoms with E-state index in [1.165, 1.54) is 0 Å². The number of benzene rings is 2. The maximum Gasteiger partial charge on any atom is 0.153 e. The quantitative estimate of drug-likeness (QED) is 0.697. The molecule has 1 fully saturated rings. The van der Waals surface area contributed by atoms with Crippen LogP contribution in [0, 0.1) is 5.92 Å². The predicted octanol–water partition coefficient (Wildman–Crippen LogP) is 4.76. The van der Waals surface area contributed by atoms with Crippen molar-refractivity contribution in [3.05, 3.63) is 60.4 Å². The van der Waals surface area contributed by atoms with Gasteiger partial charge in [0.05, 0.1) is 17.1 Å². The SMILES string of the molecule is CC(C)C(O)C1(c2onc(-c3ccc(O)cc3)c2-c2ccccc2)CC1. The highest BCUT2D eigenvalue weighted by Crippen LogP contribution is 2.56. The number of phenolic OH excluding ortho intramolecular Hbond substituents is 1. The van der Waals surface area contributed by atoms with Crippen LogP contribution in [0.3, 0.4) is 0 Å². The molecule has 0 spiro atoms. The first-order chi connectivity index (χ1) is 12.5. The Bertz CT molecular complexity index is 893. The molecule has 1 aromatic heterocycles. The third-order valence-electron chi connectivity index (χ3n) is 5.33. The van der Waals surface area contributed by atoms with E-state index in [2.05, 4.69) is 5.16 Å². The Labute approximate surface area is 153 Å². The number of aromatic nitrogens is 1. The Morgan fingerprint density at radius 3 is 2.19 bits per heavy atom. The van der Waals surface area contributed by atoms with Gasteiger partial charge < -0.3 is 14.7 Å². The van der Waals surface area contributed by atoms with E-state index >= 15 is 0 Å². The molecule has 0 aliphatic heterocycles. The topological polar surface area (TPSA) is 66.5 Å². The van der Waals surface area contributed by atoms with Gasteiger partial charge in [0.15, 0.2) is 5.76 Å². The normalized spacial score (nSPS) is 16.6. The molecule has 1 unspecified atom stereocenters. The third-order valence-corrected chi connectivity index (χ3v) is 5.33. The molecule has 0 bridgehead atoms. The zero-order valence-electron chi connectivity index (χ0n) is 15.0. The highest BCUT2D eigenvalue weighted by atomic mass is 16.5. The number of aliphatic hydroxyl groups excluding tert-OH is 1. The minimum Gasteiger partial charge on any atom is -0.508 e. The molecule has 0 amide bonds. The molecule has 1 atom stereocenters. The highest BCUT2D eigenvalue weighted by molar-refractivity contribution is 5.83. The Morgan fingerprint density at radius 1 is 0.962 bits per heavy atom. The van der Waals surface area contributed by atoms with Crippen molar-refractivity contribution < 1.29 is 14.7 Å². The summed E-state index contributed by atoms with van der Waals surface area (Å²) >= 11 is 0. The molecule has 1 aliphatic rings. The van der Waals surface area contributed by atoms with Gasteiger partial charge in [-0.15, -0.1) is 0 Å². The van der Waals surface area contributed by atoms with Crippen LogP contribution in [0.5, 0.6) is 5.75 Å². The summed E-state index contributed by atoms with van der Waals surface area (Å²) in [5.74, 6) is 1.13. The highest BCUT2D eigenvalue weighted by Gasteiger charge is 2.56. The molecule has 3 aromatic rings. The zero-order chi connectivity index (χ0) is 18.3. The lowest BCUT2D eigenvalue weighted by atomic mass is 9.84. The van der Waals surface area contributed by atoms with Crippen LogP contribution < -0.4 is 0 Å². The predicted molar refractivity (Wildman–Crippen MR) is 101 cm³/mol. The van der Waals surface area contributed by atoms with Crippen LogP contribution in [0.25, 0.3) is 22.4 Å². The molecule has 2 aromatic carbocycles. The van der Waals surface area contributed by atoms with Gasteiger partial charge in [0.1, 0.15) is 11.4 Å². The first kappa shape index (κ1) is 16.9. The summed E-state index contributed by atoms with van der Waals surface area (Å²) in [4.78, 5) is 0. The van der Waals surface area contributed by atoms with Gasteiger partial charge in [-0.1, -0.05) is 49.3 Å².